The van der Waals surface area contributed by atoms with E-state index in [4.69, 9.17) is 5.73 Å². The molecule has 1 rings (SSSR count). The summed E-state index contributed by atoms with van der Waals surface area (Å²) in [5.41, 5.74) is 8.61. The normalized spacial score (nSPS) is 10.7. The fraction of sp³-hybridized carbons (Fsp3) is 0.273. The molecular weight excluding hydrogens is 176 g/mol. The number of aromatic nitrogens is 1. The molecule has 0 aliphatic rings. The van der Waals surface area contributed by atoms with Crippen LogP contribution in [0.15, 0.2) is 12.1 Å². The Hall–Kier alpha value is -1.64. The van der Waals surface area contributed by atoms with Gasteiger partial charge in [0.25, 0.3) is 0 Å². The number of carbonyl (C=O) groups is 1. The number of aryl methyl sites for hydroxylation is 2. The van der Waals surface area contributed by atoms with E-state index >= 15 is 0 Å². The van der Waals surface area contributed by atoms with Gasteiger partial charge in [-0.25, -0.2) is 4.98 Å². The minimum atomic E-state index is 0.434. The van der Waals surface area contributed by atoms with Gasteiger partial charge in [0.05, 0.1) is 0 Å². The van der Waals surface area contributed by atoms with E-state index in [1.807, 2.05) is 32.1 Å². The van der Waals surface area contributed by atoms with E-state index in [-0.39, 0.29) is 0 Å². The van der Waals surface area contributed by atoms with Crippen LogP contribution < -0.4 is 5.73 Å². The summed E-state index contributed by atoms with van der Waals surface area (Å²) >= 11 is 0. The number of allylic oxidation sites excluding steroid dienone is 1. The number of hydrogen-bond donors (Lipinski definition) is 1. The summed E-state index contributed by atoms with van der Waals surface area (Å²) in [5, 5.41) is 0. The number of hydrogen-bond acceptors (Lipinski definition) is 3. The molecule has 14 heavy (non-hydrogen) atoms. The highest BCUT2D eigenvalue weighted by atomic mass is 16.1. The summed E-state index contributed by atoms with van der Waals surface area (Å²) in [5.74, 6) is 0.535. The van der Waals surface area contributed by atoms with Crippen molar-refractivity contribution >= 4 is 18.2 Å². The molecule has 0 unspecified atom stereocenters. The average Bonchev–Trinajstić information content (AvgIpc) is 2.09. The smallest absolute Gasteiger partial charge is 0.123 e. The van der Waals surface area contributed by atoms with Crippen LogP contribution in [0.4, 0.5) is 5.82 Å². The fourth-order valence-corrected chi connectivity index (χ4v) is 1.36. The van der Waals surface area contributed by atoms with Gasteiger partial charge in [0.2, 0.25) is 0 Å². The van der Waals surface area contributed by atoms with Crippen LogP contribution in [0.5, 0.6) is 0 Å². The lowest BCUT2D eigenvalue weighted by atomic mass is 10.1. The molecule has 0 aliphatic carbocycles. The summed E-state index contributed by atoms with van der Waals surface area (Å²) in [6, 6.07) is 1.83. The molecular formula is C11H14N2O. The minimum absolute atomic E-state index is 0.434. The lowest BCUT2D eigenvalue weighted by Crippen LogP contribution is -1.97. The highest BCUT2D eigenvalue weighted by Crippen LogP contribution is 2.16. The van der Waals surface area contributed by atoms with Crippen molar-refractivity contribution in [1.82, 2.24) is 4.98 Å². The average molecular weight is 190 g/mol. The van der Waals surface area contributed by atoms with Crippen molar-refractivity contribution in [2.45, 2.75) is 20.3 Å². The van der Waals surface area contributed by atoms with E-state index in [9.17, 15) is 4.79 Å². The van der Waals surface area contributed by atoms with Crippen LogP contribution in [-0.4, -0.2) is 11.3 Å². The quantitative estimate of drug-likeness (QED) is 0.740. The molecule has 74 valence electrons. The second-order valence-electron chi connectivity index (χ2n) is 3.17. The first-order valence-corrected chi connectivity index (χ1v) is 4.49. The molecule has 0 amide bonds. The van der Waals surface area contributed by atoms with Crippen LogP contribution in [-0.2, 0) is 4.79 Å². The number of nitrogens with two attached hydrogens (primary N) is 1. The number of anilines is 1. The lowest BCUT2D eigenvalue weighted by molar-refractivity contribution is -0.107. The second kappa shape index (κ2) is 4.56. The summed E-state index contributed by atoms with van der Waals surface area (Å²) in [6.07, 6.45) is 5.03. The molecule has 2 N–H and O–H groups in total. The Kier molecular flexibility index (Phi) is 3.40. The van der Waals surface area contributed by atoms with Gasteiger partial charge >= 0.3 is 0 Å². The van der Waals surface area contributed by atoms with Crippen LogP contribution in [0.2, 0.25) is 0 Å². The maximum absolute atomic E-state index is 10.1. The second-order valence-corrected chi connectivity index (χ2v) is 3.17. The minimum Gasteiger partial charge on any atom is -0.384 e. The third-order valence-electron chi connectivity index (χ3n) is 1.99. The van der Waals surface area contributed by atoms with Crippen molar-refractivity contribution in [3.05, 3.63) is 29.0 Å². The third-order valence-corrected chi connectivity index (χ3v) is 1.99. The number of nitrogens with zero attached hydrogens (tertiary/aromatic N) is 1. The Balaban J connectivity index is 3.02. The van der Waals surface area contributed by atoms with Crippen LogP contribution in [0.25, 0.3) is 6.08 Å². The molecule has 1 heterocycles. The van der Waals surface area contributed by atoms with Crippen LogP contribution in [0.1, 0.15) is 23.2 Å². The van der Waals surface area contributed by atoms with E-state index in [1.165, 1.54) is 0 Å². The van der Waals surface area contributed by atoms with Gasteiger partial charge in [-0.3, -0.25) is 0 Å². The van der Waals surface area contributed by atoms with E-state index in [1.54, 1.807) is 0 Å². The lowest BCUT2D eigenvalue weighted by Gasteiger charge is -2.05. The van der Waals surface area contributed by atoms with E-state index in [0.29, 0.717) is 12.2 Å². The largest absolute Gasteiger partial charge is 0.384 e. The van der Waals surface area contributed by atoms with E-state index in [2.05, 4.69) is 4.98 Å². The van der Waals surface area contributed by atoms with Gasteiger partial charge < -0.3 is 10.5 Å². The fourth-order valence-electron chi connectivity index (χ4n) is 1.36. The van der Waals surface area contributed by atoms with Gasteiger partial charge in [0, 0.05) is 12.1 Å². The van der Waals surface area contributed by atoms with Crippen molar-refractivity contribution in [2.75, 3.05) is 5.73 Å². The number of rotatable bonds is 3. The zero-order chi connectivity index (χ0) is 10.6. The molecule has 0 atom stereocenters. The maximum Gasteiger partial charge on any atom is 0.123 e. The predicted octanol–water partition coefficient (Wildman–Crippen LogP) is 1.88. The third kappa shape index (κ3) is 2.42. The van der Waals surface area contributed by atoms with Crippen LogP contribution in [0, 0.1) is 13.8 Å². The molecule has 0 spiro atoms. The first-order chi connectivity index (χ1) is 6.65. The zero-order valence-corrected chi connectivity index (χ0v) is 8.45. The molecule has 0 saturated carbocycles. The Labute approximate surface area is 83.7 Å². The summed E-state index contributed by atoms with van der Waals surface area (Å²) < 4.78 is 0. The van der Waals surface area contributed by atoms with Crippen molar-refractivity contribution in [1.29, 1.82) is 0 Å². The first kappa shape index (κ1) is 10.4. The van der Waals surface area contributed by atoms with Crippen LogP contribution in [0.3, 0.4) is 0 Å². The van der Waals surface area contributed by atoms with Gasteiger partial charge in [0.1, 0.15) is 12.1 Å². The van der Waals surface area contributed by atoms with Gasteiger partial charge in [-0.05, 0) is 31.0 Å². The van der Waals surface area contributed by atoms with Crippen molar-refractivity contribution in [3.63, 3.8) is 0 Å². The van der Waals surface area contributed by atoms with E-state index in [0.717, 1.165) is 23.1 Å². The molecule has 3 nitrogen and oxygen atoms in total. The molecule has 0 radical (unpaired) electrons. The number of nitrogen functional groups attached to an aromatic ring is 1. The van der Waals surface area contributed by atoms with Crippen molar-refractivity contribution in [2.24, 2.45) is 0 Å². The SMILES string of the molecule is Cc1cc(N)nc(C)c1C=CCC=O. The molecule has 0 saturated heterocycles. The molecule has 1 aromatic heterocycles. The highest BCUT2D eigenvalue weighted by Gasteiger charge is 2.01. The molecule has 0 aliphatic heterocycles. The topological polar surface area (TPSA) is 56.0 Å². The Bertz CT molecular complexity index is 347. The monoisotopic (exact) mass is 190 g/mol. The zero-order valence-electron chi connectivity index (χ0n) is 8.45. The Morgan fingerprint density at radius 1 is 1.50 bits per heavy atom. The number of carbonyl (C=O) groups excluding carboxylic acids is 1. The molecule has 1 aromatic rings. The standard InChI is InChI=1S/C11H14N2O/c1-8-7-11(12)13-9(2)10(8)5-3-4-6-14/h3,5-7H,4H2,1-2H3,(H2,12,13). The molecule has 0 fully saturated rings. The number of pyridine rings is 1. The van der Waals surface area contributed by atoms with Crippen molar-refractivity contribution < 1.29 is 4.79 Å². The van der Waals surface area contributed by atoms with E-state index < -0.39 is 0 Å². The Morgan fingerprint density at radius 3 is 2.79 bits per heavy atom. The van der Waals surface area contributed by atoms with Crippen LogP contribution >= 0.6 is 0 Å². The van der Waals surface area contributed by atoms with Gasteiger partial charge in [-0.15, -0.1) is 0 Å². The molecule has 0 aromatic carbocycles. The number of aldehydes is 1. The van der Waals surface area contributed by atoms with Gasteiger partial charge in [-0.2, -0.15) is 0 Å². The highest BCUT2D eigenvalue weighted by molar-refractivity contribution is 5.62. The van der Waals surface area contributed by atoms with Gasteiger partial charge in [0.15, 0.2) is 0 Å². The molecule has 3 heteroatoms. The van der Waals surface area contributed by atoms with Gasteiger partial charge in [-0.1, -0.05) is 12.2 Å². The molecule has 0 bridgehead atoms. The Morgan fingerprint density at radius 2 is 2.21 bits per heavy atom. The summed E-state index contributed by atoms with van der Waals surface area (Å²) in [7, 11) is 0. The maximum atomic E-state index is 10.1. The summed E-state index contributed by atoms with van der Waals surface area (Å²) in [4.78, 5) is 14.3. The predicted molar refractivity (Wildman–Crippen MR) is 57.8 cm³/mol. The summed E-state index contributed by atoms with van der Waals surface area (Å²) in [6.45, 7) is 3.88. The first-order valence-electron chi connectivity index (χ1n) is 4.49. The van der Waals surface area contributed by atoms with Crippen molar-refractivity contribution in [3.8, 4) is 0 Å².